The van der Waals surface area contributed by atoms with Crippen molar-refractivity contribution in [2.45, 2.75) is 5.60 Å². The van der Waals surface area contributed by atoms with Crippen LogP contribution >= 0.6 is 34.8 Å². The van der Waals surface area contributed by atoms with E-state index in [0.29, 0.717) is 17.6 Å². The van der Waals surface area contributed by atoms with E-state index in [4.69, 9.17) is 39.5 Å². The normalized spacial score (nSPS) is 12.0. The number of methoxy groups -OCH3 is 1. The molecule has 4 heteroatoms. The number of alkyl halides is 3. The fourth-order valence-corrected chi connectivity index (χ4v) is 1.46. The van der Waals surface area contributed by atoms with E-state index in [0.717, 1.165) is 0 Å². The Kier molecular flexibility index (Phi) is 5.04. The first-order valence-corrected chi connectivity index (χ1v) is 4.08. The summed E-state index contributed by atoms with van der Waals surface area (Å²) >= 11 is 16.6. The average Bonchev–Trinajstić information content (AvgIpc) is 1.95. The average molecular weight is 191 g/mol. The summed E-state index contributed by atoms with van der Waals surface area (Å²) in [6.07, 6.45) is 0. The van der Waals surface area contributed by atoms with Crippen molar-refractivity contribution in [3.8, 4) is 0 Å². The molecule has 0 atom stereocenters. The second-order valence-corrected chi connectivity index (χ2v) is 2.59. The molecule has 0 amide bonds. The maximum Gasteiger partial charge on any atom is 0.108 e. The first-order valence-electron chi connectivity index (χ1n) is 2.47. The SMILES string of the molecule is COC(CCl)(CCl)CCl. The number of hydrogen-bond donors (Lipinski definition) is 0. The van der Waals surface area contributed by atoms with Crippen LogP contribution in [0, 0.1) is 0 Å². The van der Waals surface area contributed by atoms with Gasteiger partial charge in [0, 0.05) is 7.11 Å². The summed E-state index contributed by atoms with van der Waals surface area (Å²) in [5.74, 6) is 0.990. The molecule has 0 rings (SSSR count). The predicted octanol–water partition coefficient (Wildman–Crippen LogP) is 2.09. The van der Waals surface area contributed by atoms with Gasteiger partial charge in [0.25, 0.3) is 0 Å². The molecule has 56 valence electrons. The Morgan fingerprint density at radius 1 is 1.11 bits per heavy atom. The molecule has 0 saturated heterocycles. The summed E-state index contributed by atoms with van der Waals surface area (Å²) in [6.45, 7) is 0. The Morgan fingerprint density at radius 2 is 1.44 bits per heavy atom. The van der Waals surface area contributed by atoms with Gasteiger partial charge in [0.05, 0.1) is 17.6 Å². The topological polar surface area (TPSA) is 9.23 Å². The minimum Gasteiger partial charge on any atom is -0.374 e. The van der Waals surface area contributed by atoms with Gasteiger partial charge in [0.1, 0.15) is 5.60 Å². The first kappa shape index (κ1) is 9.83. The molecule has 0 heterocycles. The van der Waals surface area contributed by atoms with Crippen molar-refractivity contribution in [3.63, 3.8) is 0 Å². The van der Waals surface area contributed by atoms with Gasteiger partial charge >= 0.3 is 0 Å². The van der Waals surface area contributed by atoms with E-state index in [2.05, 4.69) is 0 Å². The van der Waals surface area contributed by atoms with E-state index >= 15 is 0 Å². The van der Waals surface area contributed by atoms with Crippen LogP contribution in [-0.4, -0.2) is 30.4 Å². The number of hydrogen-bond acceptors (Lipinski definition) is 1. The van der Waals surface area contributed by atoms with Crippen LogP contribution in [0.15, 0.2) is 0 Å². The molecule has 1 nitrogen and oxygen atoms in total. The summed E-state index contributed by atoms with van der Waals surface area (Å²) in [5, 5.41) is 0. The molecule has 0 saturated carbocycles. The minimum absolute atomic E-state index is 0.330. The second kappa shape index (κ2) is 4.62. The maximum absolute atomic E-state index is 5.53. The number of ether oxygens (including phenoxy) is 1. The predicted molar refractivity (Wildman–Crippen MR) is 41.9 cm³/mol. The molecule has 0 aromatic heterocycles. The molecule has 0 aromatic rings. The van der Waals surface area contributed by atoms with E-state index in [9.17, 15) is 0 Å². The fourth-order valence-electron chi connectivity index (χ4n) is 0.271. The lowest BCUT2D eigenvalue weighted by atomic mass is 10.2. The fraction of sp³-hybridized carbons (Fsp3) is 1.00. The first-order chi connectivity index (χ1) is 4.24. The van der Waals surface area contributed by atoms with Crippen LogP contribution in [-0.2, 0) is 4.74 Å². The Hall–Kier alpha value is 0.830. The van der Waals surface area contributed by atoms with Gasteiger partial charge in [-0.3, -0.25) is 0 Å². The van der Waals surface area contributed by atoms with Gasteiger partial charge in [-0.05, 0) is 0 Å². The van der Waals surface area contributed by atoms with Crippen molar-refractivity contribution in [2.75, 3.05) is 24.7 Å². The van der Waals surface area contributed by atoms with Gasteiger partial charge in [-0.1, -0.05) is 0 Å². The smallest absolute Gasteiger partial charge is 0.108 e. The zero-order valence-corrected chi connectivity index (χ0v) is 7.43. The maximum atomic E-state index is 5.53. The molecule has 0 unspecified atom stereocenters. The third kappa shape index (κ3) is 2.50. The summed E-state index contributed by atoms with van der Waals surface area (Å²) < 4.78 is 4.99. The molecule has 0 N–H and O–H groups in total. The van der Waals surface area contributed by atoms with Crippen LogP contribution in [0.2, 0.25) is 0 Å². The number of rotatable bonds is 4. The van der Waals surface area contributed by atoms with Gasteiger partial charge in [0.2, 0.25) is 0 Å². The van der Waals surface area contributed by atoms with Crippen LogP contribution in [0.1, 0.15) is 0 Å². The molecular formula is C5H9Cl3O. The largest absolute Gasteiger partial charge is 0.374 e. The zero-order chi connectivity index (χ0) is 7.33. The second-order valence-electron chi connectivity index (χ2n) is 1.79. The quantitative estimate of drug-likeness (QED) is 0.619. The van der Waals surface area contributed by atoms with E-state index in [1.807, 2.05) is 0 Å². The van der Waals surface area contributed by atoms with Gasteiger partial charge in [0.15, 0.2) is 0 Å². The van der Waals surface area contributed by atoms with E-state index in [1.54, 1.807) is 7.11 Å². The monoisotopic (exact) mass is 190 g/mol. The lowest BCUT2D eigenvalue weighted by molar-refractivity contribution is 0.0490. The highest BCUT2D eigenvalue weighted by Gasteiger charge is 2.26. The molecule has 0 radical (unpaired) electrons. The van der Waals surface area contributed by atoms with E-state index < -0.39 is 5.60 Å². The highest BCUT2D eigenvalue weighted by atomic mass is 35.5. The summed E-state index contributed by atoms with van der Waals surface area (Å²) in [6, 6.07) is 0. The molecular weight excluding hydrogens is 182 g/mol. The van der Waals surface area contributed by atoms with Crippen molar-refractivity contribution in [1.82, 2.24) is 0 Å². The summed E-state index contributed by atoms with van der Waals surface area (Å²) in [7, 11) is 1.55. The van der Waals surface area contributed by atoms with Gasteiger partial charge < -0.3 is 4.74 Å². The number of halogens is 3. The molecule has 0 aliphatic rings. The van der Waals surface area contributed by atoms with E-state index in [1.165, 1.54) is 0 Å². The van der Waals surface area contributed by atoms with Crippen LogP contribution < -0.4 is 0 Å². The van der Waals surface area contributed by atoms with Crippen molar-refractivity contribution < 1.29 is 4.74 Å². The van der Waals surface area contributed by atoms with Crippen LogP contribution in [0.3, 0.4) is 0 Å². The molecule has 9 heavy (non-hydrogen) atoms. The molecule has 0 aliphatic carbocycles. The molecule has 0 aromatic carbocycles. The summed E-state index contributed by atoms with van der Waals surface area (Å²) in [5.41, 5.74) is -0.537. The lowest BCUT2D eigenvalue weighted by Crippen LogP contribution is -2.37. The standard InChI is InChI=1S/C5H9Cl3O/c1-9-5(2-6,3-7)4-8/h2-4H2,1H3. The van der Waals surface area contributed by atoms with E-state index in [-0.39, 0.29) is 0 Å². The molecule has 0 spiro atoms. The lowest BCUT2D eigenvalue weighted by Gasteiger charge is -2.24. The molecule has 0 bridgehead atoms. The Balaban J connectivity index is 3.82. The van der Waals surface area contributed by atoms with Crippen LogP contribution in [0.4, 0.5) is 0 Å². The van der Waals surface area contributed by atoms with Crippen LogP contribution in [0.5, 0.6) is 0 Å². The van der Waals surface area contributed by atoms with Crippen LogP contribution in [0.25, 0.3) is 0 Å². The third-order valence-electron chi connectivity index (χ3n) is 1.16. The third-order valence-corrected chi connectivity index (χ3v) is 2.62. The van der Waals surface area contributed by atoms with Gasteiger partial charge in [-0.15, -0.1) is 34.8 Å². The van der Waals surface area contributed by atoms with Gasteiger partial charge in [-0.25, -0.2) is 0 Å². The Labute approximate surface area is 70.2 Å². The van der Waals surface area contributed by atoms with Gasteiger partial charge in [-0.2, -0.15) is 0 Å². The minimum atomic E-state index is -0.537. The Bertz CT molecular complexity index is 55.1. The zero-order valence-electron chi connectivity index (χ0n) is 5.16. The summed E-state index contributed by atoms with van der Waals surface area (Å²) in [4.78, 5) is 0. The van der Waals surface area contributed by atoms with Crippen molar-refractivity contribution in [1.29, 1.82) is 0 Å². The Morgan fingerprint density at radius 3 is 1.44 bits per heavy atom. The molecule has 0 fully saturated rings. The van der Waals surface area contributed by atoms with Crippen molar-refractivity contribution in [2.24, 2.45) is 0 Å². The highest BCUT2D eigenvalue weighted by molar-refractivity contribution is 6.24. The molecule has 0 aliphatic heterocycles. The van der Waals surface area contributed by atoms with Crippen molar-refractivity contribution in [3.05, 3.63) is 0 Å². The highest BCUT2D eigenvalue weighted by Crippen LogP contribution is 2.15. The van der Waals surface area contributed by atoms with Crippen molar-refractivity contribution >= 4 is 34.8 Å².